The molecular formula is C16H18O3. The zero-order chi connectivity index (χ0) is 13.8. The van der Waals surface area contributed by atoms with Gasteiger partial charge in [-0.3, -0.25) is 4.79 Å². The van der Waals surface area contributed by atoms with Gasteiger partial charge in [0.15, 0.2) is 5.78 Å². The summed E-state index contributed by atoms with van der Waals surface area (Å²) in [4.78, 5) is 11.5. The maximum absolute atomic E-state index is 11.5. The van der Waals surface area contributed by atoms with E-state index < -0.39 is 0 Å². The lowest BCUT2D eigenvalue weighted by atomic mass is 10.0. The van der Waals surface area contributed by atoms with Gasteiger partial charge in [0.05, 0.1) is 13.2 Å². The van der Waals surface area contributed by atoms with Crippen molar-refractivity contribution in [2.75, 3.05) is 13.2 Å². The van der Waals surface area contributed by atoms with Crippen molar-refractivity contribution in [1.82, 2.24) is 0 Å². The molecule has 0 aromatic heterocycles. The summed E-state index contributed by atoms with van der Waals surface area (Å²) >= 11 is 0. The summed E-state index contributed by atoms with van der Waals surface area (Å²) in [6.07, 6.45) is 0. The van der Waals surface area contributed by atoms with Gasteiger partial charge in [0.2, 0.25) is 0 Å². The van der Waals surface area contributed by atoms with Gasteiger partial charge in [0.1, 0.15) is 11.5 Å². The zero-order valence-corrected chi connectivity index (χ0v) is 11.5. The predicted octanol–water partition coefficient (Wildman–Crippen LogP) is 3.84. The Morgan fingerprint density at radius 2 is 1.79 bits per heavy atom. The molecule has 0 amide bonds. The normalized spacial score (nSPS) is 10.5. The van der Waals surface area contributed by atoms with E-state index in [4.69, 9.17) is 9.47 Å². The van der Waals surface area contributed by atoms with Crippen LogP contribution in [0.15, 0.2) is 30.3 Å². The topological polar surface area (TPSA) is 35.5 Å². The van der Waals surface area contributed by atoms with E-state index in [9.17, 15) is 4.79 Å². The third-order valence-corrected chi connectivity index (χ3v) is 2.91. The fraction of sp³-hybridized carbons (Fsp3) is 0.312. The summed E-state index contributed by atoms with van der Waals surface area (Å²) in [5.74, 6) is 1.60. The molecule has 0 unspecified atom stereocenters. The molecule has 2 rings (SSSR count). The Labute approximate surface area is 113 Å². The number of benzene rings is 2. The molecule has 0 saturated heterocycles. The second-order valence-corrected chi connectivity index (χ2v) is 4.28. The van der Waals surface area contributed by atoms with E-state index >= 15 is 0 Å². The van der Waals surface area contributed by atoms with E-state index in [0.29, 0.717) is 18.8 Å². The molecule has 0 aliphatic rings. The molecule has 19 heavy (non-hydrogen) atoms. The van der Waals surface area contributed by atoms with Crippen LogP contribution >= 0.6 is 0 Å². The molecule has 0 fully saturated rings. The van der Waals surface area contributed by atoms with E-state index in [0.717, 1.165) is 22.3 Å². The van der Waals surface area contributed by atoms with Crippen LogP contribution in [-0.2, 0) is 0 Å². The number of hydrogen-bond donors (Lipinski definition) is 0. The van der Waals surface area contributed by atoms with Crippen LogP contribution in [-0.4, -0.2) is 19.0 Å². The lowest BCUT2D eigenvalue weighted by Gasteiger charge is -2.12. The van der Waals surface area contributed by atoms with Crippen LogP contribution in [0.4, 0.5) is 0 Å². The van der Waals surface area contributed by atoms with Crippen LogP contribution < -0.4 is 9.47 Å². The smallest absolute Gasteiger partial charge is 0.159 e. The second kappa shape index (κ2) is 5.74. The van der Waals surface area contributed by atoms with Gasteiger partial charge in [0, 0.05) is 17.0 Å². The van der Waals surface area contributed by atoms with Crippen molar-refractivity contribution < 1.29 is 14.3 Å². The number of ether oxygens (including phenoxy) is 2. The van der Waals surface area contributed by atoms with Gasteiger partial charge in [-0.2, -0.15) is 0 Å². The van der Waals surface area contributed by atoms with Crippen molar-refractivity contribution >= 4 is 16.6 Å². The highest BCUT2D eigenvalue weighted by molar-refractivity contribution is 6.00. The first-order valence-electron chi connectivity index (χ1n) is 6.50. The van der Waals surface area contributed by atoms with Crippen LogP contribution in [0.1, 0.15) is 31.1 Å². The molecule has 0 N–H and O–H groups in total. The molecule has 0 heterocycles. The quantitative estimate of drug-likeness (QED) is 0.764. The molecule has 0 radical (unpaired) electrons. The molecular weight excluding hydrogens is 240 g/mol. The maximum atomic E-state index is 11.5. The predicted molar refractivity (Wildman–Crippen MR) is 76.3 cm³/mol. The van der Waals surface area contributed by atoms with E-state index in [2.05, 4.69) is 0 Å². The van der Waals surface area contributed by atoms with E-state index in [1.54, 1.807) is 6.92 Å². The highest BCUT2D eigenvalue weighted by Crippen LogP contribution is 2.32. The van der Waals surface area contributed by atoms with Crippen LogP contribution in [0, 0.1) is 0 Å². The Morgan fingerprint density at radius 3 is 2.42 bits per heavy atom. The fourth-order valence-electron chi connectivity index (χ4n) is 2.04. The Morgan fingerprint density at radius 1 is 1.05 bits per heavy atom. The van der Waals surface area contributed by atoms with Gasteiger partial charge < -0.3 is 9.47 Å². The summed E-state index contributed by atoms with van der Waals surface area (Å²) < 4.78 is 11.2. The van der Waals surface area contributed by atoms with Crippen LogP contribution in [0.3, 0.4) is 0 Å². The molecule has 3 nitrogen and oxygen atoms in total. The Kier molecular flexibility index (Phi) is 4.05. The first-order valence-corrected chi connectivity index (χ1v) is 6.50. The molecule has 0 saturated carbocycles. The van der Waals surface area contributed by atoms with Crippen molar-refractivity contribution in [3.8, 4) is 11.5 Å². The molecule has 0 bridgehead atoms. The lowest BCUT2D eigenvalue weighted by molar-refractivity contribution is 0.101. The van der Waals surface area contributed by atoms with Crippen LogP contribution in [0.25, 0.3) is 10.8 Å². The third-order valence-electron chi connectivity index (χ3n) is 2.91. The average molecular weight is 258 g/mol. The molecule has 0 aliphatic carbocycles. The van der Waals surface area contributed by atoms with Crippen molar-refractivity contribution in [3.63, 3.8) is 0 Å². The second-order valence-electron chi connectivity index (χ2n) is 4.28. The summed E-state index contributed by atoms with van der Waals surface area (Å²) in [5.41, 5.74) is 0.692. The highest BCUT2D eigenvalue weighted by atomic mass is 16.5. The number of fused-ring (bicyclic) bond motifs is 1. The van der Waals surface area contributed by atoms with Crippen molar-refractivity contribution in [1.29, 1.82) is 0 Å². The standard InChI is InChI=1S/C16H18O3/c1-4-18-14-8-13-7-6-12(11(3)17)9-15(13)16(10-14)19-5-2/h6-10H,4-5H2,1-3H3. The van der Waals surface area contributed by atoms with Crippen molar-refractivity contribution in [2.45, 2.75) is 20.8 Å². The molecule has 0 atom stereocenters. The minimum absolute atomic E-state index is 0.0539. The molecule has 0 aliphatic heterocycles. The minimum atomic E-state index is 0.0539. The summed E-state index contributed by atoms with van der Waals surface area (Å²) in [6.45, 7) is 6.64. The number of carbonyl (C=O) groups excluding carboxylic acids is 1. The molecule has 3 heteroatoms. The number of hydrogen-bond acceptors (Lipinski definition) is 3. The Bertz CT molecular complexity index is 602. The lowest BCUT2D eigenvalue weighted by Crippen LogP contribution is -1.97. The molecule has 0 spiro atoms. The number of carbonyl (C=O) groups is 1. The Balaban J connectivity index is 2.61. The number of Topliss-reactive ketones (excluding diaryl/α,β-unsaturated/α-hetero) is 1. The maximum Gasteiger partial charge on any atom is 0.159 e. The number of rotatable bonds is 5. The van der Waals surface area contributed by atoms with E-state index in [-0.39, 0.29) is 5.78 Å². The average Bonchev–Trinajstić information content (AvgIpc) is 2.39. The molecule has 100 valence electrons. The zero-order valence-electron chi connectivity index (χ0n) is 11.5. The van der Waals surface area contributed by atoms with Crippen molar-refractivity contribution in [2.24, 2.45) is 0 Å². The van der Waals surface area contributed by atoms with Crippen molar-refractivity contribution in [3.05, 3.63) is 35.9 Å². The molecule has 2 aromatic carbocycles. The summed E-state index contributed by atoms with van der Waals surface area (Å²) in [7, 11) is 0. The van der Waals surface area contributed by atoms with E-state index in [1.165, 1.54) is 0 Å². The largest absolute Gasteiger partial charge is 0.494 e. The van der Waals surface area contributed by atoms with Gasteiger partial charge in [-0.1, -0.05) is 12.1 Å². The van der Waals surface area contributed by atoms with Gasteiger partial charge in [-0.25, -0.2) is 0 Å². The first-order chi connectivity index (χ1) is 9.15. The van der Waals surface area contributed by atoms with E-state index in [1.807, 2.05) is 44.2 Å². The number of ketones is 1. The summed E-state index contributed by atoms with van der Waals surface area (Å²) in [6, 6.07) is 9.47. The Hall–Kier alpha value is -2.03. The monoisotopic (exact) mass is 258 g/mol. The third kappa shape index (κ3) is 2.87. The van der Waals surface area contributed by atoms with Crippen LogP contribution in [0.2, 0.25) is 0 Å². The minimum Gasteiger partial charge on any atom is -0.494 e. The first kappa shape index (κ1) is 13.4. The van der Waals surface area contributed by atoms with Gasteiger partial charge in [-0.15, -0.1) is 0 Å². The SMILES string of the molecule is CCOc1cc(OCC)c2cc(C(C)=O)ccc2c1. The van der Waals surface area contributed by atoms with Crippen LogP contribution in [0.5, 0.6) is 11.5 Å². The van der Waals surface area contributed by atoms with Gasteiger partial charge >= 0.3 is 0 Å². The summed E-state index contributed by atoms with van der Waals surface area (Å²) in [5, 5.41) is 1.96. The highest BCUT2D eigenvalue weighted by Gasteiger charge is 2.08. The van der Waals surface area contributed by atoms with Gasteiger partial charge in [-0.05, 0) is 38.3 Å². The fourth-order valence-corrected chi connectivity index (χ4v) is 2.04. The van der Waals surface area contributed by atoms with Gasteiger partial charge in [0.25, 0.3) is 0 Å². The molecule has 2 aromatic rings.